The van der Waals surface area contributed by atoms with E-state index in [9.17, 15) is 0 Å². The maximum absolute atomic E-state index is 5.34. The van der Waals surface area contributed by atoms with Gasteiger partial charge in [0.1, 0.15) is 0 Å². The number of epoxide rings is 1. The number of rotatable bonds is 6. The molecule has 4 heteroatoms. The number of hydrogen-bond acceptors (Lipinski definition) is 4. The Bertz CT molecular complexity index is 262. The molecule has 1 aliphatic rings. The molecule has 1 saturated heterocycles. The summed E-state index contributed by atoms with van der Waals surface area (Å²) in [7, 11) is 0. The quantitative estimate of drug-likeness (QED) is 0.424. The first-order chi connectivity index (χ1) is 6.95. The molecular weight excluding hydrogens is 216 g/mol. The van der Waals surface area contributed by atoms with E-state index >= 15 is 0 Å². The van der Waals surface area contributed by atoms with Crippen molar-refractivity contribution in [3.8, 4) is 0 Å². The lowest BCUT2D eigenvalue weighted by atomic mass is 10.2. The van der Waals surface area contributed by atoms with Gasteiger partial charge in [0.05, 0.1) is 12.7 Å². The fraction of sp³-hybridized carbons (Fsp3) is 0.400. The van der Waals surface area contributed by atoms with Gasteiger partial charge in [0.25, 0.3) is 0 Å². The lowest BCUT2D eigenvalue weighted by Crippen LogP contribution is -1.88. The molecule has 0 radical (unpaired) electrons. The van der Waals surface area contributed by atoms with Crippen LogP contribution in [0.3, 0.4) is 0 Å². The van der Waals surface area contributed by atoms with Crippen molar-refractivity contribution < 1.29 is 8.37 Å². The van der Waals surface area contributed by atoms with E-state index in [1.54, 1.807) is 0 Å². The minimum Gasteiger partial charge on any atom is -0.372 e. The van der Waals surface area contributed by atoms with Gasteiger partial charge < -0.3 is 4.74 Å². The van der Waals surface area contributed by atoms with Crippen LogP contribution in [0.4, 0.5) is 0 Å². The standard InChI is InChI=1S/C10H12O2S2/c1-2-4-9(5-3-1)7-13-12-14-8-10-6-11-10/h1-5,10H,6-8H2. The lowest BCUT2D eigenvalue weighted by Gasteiger charge is -1.99. The summed E-state index contributed by atoms with van der Waals surface area (Å²) in [6.45, 7) is 0.902. The third-order valence-electron chi connectivity index (χ3n) is 1.82. The van der Waals surface area contributed by atoms with Crippen LogP contribution in [0.2, 0.25) is 0 Å². The average Bonchev–Trinajstić information content (AvgIpc) is 3.03. The smallest absolute Gasteiger partial charge is 0.0922 e. The molecule has 14 heavy (non-hydrogen) atoms. The Kier molecular flexibility index (Phi) is 4.19. The van der Waals surface area contributed by atoms with Crippen molar-refractivity contribution in [3.63, 3.8) is 0 Å². The van der Waals surface area contributed by atoms with Crippen LogP contribution in [-0.2, 0) is 14.1 Å². The molecular formula is C10H12O2S2. The Hall–Kier alpha value is -0.160. The molecule has 1 fully saturated rings. The van der Waals surface area contributed by atoms with Gasteiger partial charge in [0, 0.05) is 35.6 Å². The highest BCUT2D eigenvalue weighted by Crippen LogP contribution is 2.23. The van der Waals surface area contributed by atoms with Crippen molar-refractivity contribution in [1.82, 2.24) is 0 Å². The maximum Gasteiger partial charge on any atom is 0.0922 e. The molecule has 1 heterocycles. The summed E-state index contributed by atoms with van der Waals surface area (Å²) in [6.07, 6.45) is 0.442. The molecule has 2 rings (SSSR count). The molecule has 2 nitrogen and oxygen atoms in total. The monoisotopic (exact) mass is 228 g/mol. The van der Waals surface area contributed by atoms with Crippen LogP contribution < -0.4 is 0 Å². The van der Waals surface area contributed by atoms with E-state index in [-0.39, 0.29) is 0 Å². The van der Waals surface area contributed by atoms with Crippen LogP contribution in [0, 0.1) is 0 Å². The van der Waals surface area contributed by atoms with E-state index in [1.807, 2.05) is 18.2 Å². The molecule has 1 aromatic rings. The first kappa shape index (κ1) is 10.4. The van der Waals surface area contributed by atoms with Crippen molar-refractivity contribution in [2.24, 2.45) is 0 Å². The number of benzene rings is 1. The summed E-state index contributed by atoms with van der Waals surface area (Å²) in [5.74, 6) is 1.85. The van der Waals surface area contributed by atoms with Gasteiger partial charge in [-0.25, -0.2) is 3.63 Å². The predicted octanol–water partition coefficient (Wildman–Crippen LogP) is 2.90. The highest BCUT2D eigenvalue weighted by atomic mass is 32.2. The van der Waals surface area contributed by atoms with Gasteiger partial charge in [0.2, 0.25) is 0 Å². The largest absolute Gasteiger partial charge is 0.372 e. The molecule has 0 spiro atoms. The molecule has 0 saturated carbocycles. The second-order valence-electron chi connectivity index (χ2n) is 3.06. The normalized spacial score (nSPS) is 19.6. The van der Waals surface area contributed by atoms with Gasteiger partial charge in [-0.1, -0.05) is 30.3 Å². The van der Waals surface area contributed by atoms with Crippen molar-refractivity contribution in [3.05, 3.63) is 35.9 Å². The van der Waals surface area contributed by atoms with Crippen LogP contribution in [0.25, 0.3) is 0 Å². The Morgan fingerprint density at radius 2 is 2.07 bits per heavy atom. The van der Waals surface area contributed by atoms with E-state index in [4.69, 9.17) is 8.37 Å². The van der Waals surface area contributed by atoms with Crippen LogP contribution in [-0.4, -0.2) is 18.5 Å². The second-order valence-corrected chi connectivity index (χ2v) is 4.69. The number of hydrogen-bond donors (Lipinski definition) is 0. The van der Waals surface area contributed by atoms with Crippen LogP contribution in [0.15, 0.2) is 30.3 Å². The molecule has 76 valence electrons. The lowest BCUT2D eigenvalue weighted by molar-refractivity contribution is 0.425. The zero-order valence-corrected chi connectivity index (χ0v) is 9.35. The third kappa shape index (κ3) is 3.92. The SMILES string of the molecule is c1ccc(CSOSCC2CO2)cc1. The molecule has 1 aliphatic heterocycles. The topological polar surface area (TPSA) is 21.8 Å². The molecule has 0 amide bonds. The zero-order chi connectivity index (χ0) is 9.64. The number of ether oxygens (including phenoxy) is 1. The highest BCUT2D eigenvalue weighted by molar-refractivity contribution is 8.07. The average molecular weight is 228 g/mol. The first-order valence-electron chi connectivity index (χ1n) is 4.52. The minimum absolute atomic E-state index is 0.442. The predicted molar refractivity (Wildman–Crippen MR) is 61.0 cm³/mol. The van der Waals surface area contributed by atoms with Crippen molar-refractivity contribution in [2.75, 3.05) is 12.4 Å². The van der Waals surface area contributed by atoms with Gasteiger partial charge in [-0.3, -0.25) is 0 Å². The summed E-state index contributed by atoms with van der Waals surface area (Å²) < 4.78 is 10.4. The van der Waals surface area contributed by atoms with Gasteiger partial charge >= 0.3 is 0 Å². The van der Waals surface area contributed by atoms with Crippen molar-refractivity contribution in [1.29, 1.82) is 0 Å². The van der Waals surface area contributed by atoms with E-state index < -0.39 is 0 Å². The van der Waals surface area contributed by atoms with Crippen LogP contribution >= 0.6 is 24.1 Å². The summed E-state index contributed by atoms with van der Waals surface area (Å²) in [6, 6.07) is 10.3. The van der Waals surface area contributed by atoms with E-state index in [2.05, 4.69) is 12.1 Å². The van der Waals surface area contributed by atoms with E-state index in [1.165, 1.54) is 29.6 Å². The van der Waals surface area contributed by atoms with Gasteiger partial charge in [0.15, 0.2) is 0 Å². The summed E-state index contributed by atoms with van der Waals surface area (Å²) in [5.41, 5.74) is 1.29. The molecule has 1 atom stereocenters. The first-order valence-corrected chi connectivity index (χ1v) is 6.34. The summed E-state index contributed by atoms with van der Waals surface area (Å²) in [4.78, 5) is 0. The highest BCUT2D eigenvalue weighted by Gasteiger charge is 2.22. The molecule has 0 bridgehead atoms. The van der Waals surface area contributed by atoms with E-state index in [0.29, 0.717) is 6.10 Å². The Morgan fingerprint density at radius 3 is 2.79 bits per heavy atom. The summed E-state index contributed by atoms with van der Waals surface area (Å²) >= 11 is 2.96. The van der Waals surface area contributed by atoms with Gasteiger partial charge in [-0.05, 0) is 5.56 Å². The Labute approximate surface area is 92.8 Å². The minimum atomic E-state index is 0.442. The maximum atomic E-state index is 5.34. The van der Waals surface area contributed by atoms with Crippen molar-refractivity contribution >= 4 is 24.1 Å². The zero-order valence-electron chi connectivity index (χ0n) is 7.72. The third-order valence-corrected chi connectivity index (χ3v) is 3.55. The van der Waals surface area contributed by atoms with Gasteiger partial charge in [-0.15, -0.1) is 0 Å². The van der Waals surface area contributed by atoms with Crippen LogP contribution in [0.1, 0.15) is 5.56 Å². The Balaban J connectivity index is 1.54. The van der Waals surface area contributed by atoms with E-state index in [0.717, 1.165) is 18.1 Å². The molecule has 1 unspecified atom stereocenters. The molecule has 0 aliphatic carbocycles. The summed E-state index contributed by atoms with van der Waals surface area (Å²) in [5, 5.41) is 0. The van der Waals surface area contributed by atoms with Gasteiger partial charge in [-0.2, -0.15) is 0 Å². The fourth-order valence-electron chi connectivity index (χ4n) is 0.968. The fourth-order valence-corrected chi connectivity index (χ4v) is 2.33. The molecule has 0 N–H and O–H groups in total. The second kappa shape index (κ2) is 5.66. The van der Waals surface area contributed by atoms with Crippen molar-refractivity contribution in [2.45, 2.75) is 11.9 Å². The molecule has 1 aromatic carbocycles. The molecule has 0 aromatic heterocycles. The Morgan fingerprint density at radius 1 is 1.29 bits per heavy atom. The van der Waals surface area contributed by atoms with Crippen LogP contribution in [0.5, 0.6) is 0 Å².